The molecule has 0 aliphatic carbocycles. The first kappa shape index (κ1) is 11.5. The van der Waals surface area contributed by atoms with E-state index in [0.717, 1.165) is 17.8 Å². The van der Waals surface area contributed by atoms with E-state index in [0.29, 0.717) is 6.42 Å². The minimum absolute atomic E-state index is 0.206. The SMILES string of the molecule is COC(=O)[C@@H]1c2ccccc2N2CC[C@@](C)(O)[C@@H]12. The van der Waals surface area contributed by atoms with Crippen molar-refractivity contribution in [3.63, 3.8) is 0 Å². The maximum absolute atomic E-state index is 12.0. The van der Waals surface area contributed by atoms with Crippen LogP contribution in [0.15, 0.2) is 24.3 Å². The fraction of sp³-hybridized carbons (Fsp3) is 0.500. The number of fused-ring (bicyclic) bond motifs is 3. The lowest BCUT2D eigenvalue weighted by molar-refractivity contribution is -0.144. The first-order chi connectivity index (χ1) is 8.56. The number of anilines is 1. The van der Waals surface area contributed by atoms with Crippen molar-refractivity contribution in [2.45, 2.75) is 30.9 Å². The first-order valence-corrected chi connectivity index (χ1v) is 6.22. The highest BCUT2D eigenvalue weighted by Gasteiger charge is 2.55. The van der Waals surface area contributed by atoms with E-state index in [9.17, 15) is 9.90 Å². The molecule has 0 bridgehead atoms. The van der Waals surface area contributed by atoms with E-state index in [1.54, 1.807) is 6.92 Å². The molecule has 1 fully saturated rings. The Morgan fingerprint density at radius 3 is 2.94 bits per heavy atom. The lowest BCUT2D eigenvalue weighted by Gasteiger charge is -2.30. The van der Waals surface area contributed by atoms with Crippen LogP contribution in [0.3, 0.4) is 0 Å². The molecular weight excluding hydrogens is 230 g/mol. The molecule has 1 N–H and O–H groups in total. The van der Waals surface area contributed by atoms with Crippen molar-refractivity contribution in [3.05, 3.63) is 29.8 Å². The van der Waals surface area contributed by atoms with Crippen LogP contribution in [0.5, 0.6) is 0 Å². The summed E-state index contributed by atoms with van der Waals surface area (Å²) in [4.78, 5) is 14.2. The van der Waals surface area contributed by atoms with Crippen LogP contribution in [0.2, 0.25) is 0 Å². The van der Waals surface area contributed by atoms with Crippen LogP contribution in [0.4, 0.5) is 5.69 Å². The maximum atomic E-state index is 12.0. The Balaban J connectivity index is 2.13. The predicted molar refractivity (Wildman–Crippen MR) is 67.6 cm³/mol. The molecule has 0 spiro atoms. The molecule has 2 aliphatic heterocycles. The lowest BCUT2D eigenvalue weighted by Crippen LogP contribution is -2.45. The number of nitrogens with zero attached hydrogens (tertiary/aromatic N) is 1. The largest absolute Gasteiger partial charge is 0.468 e. The van der Waals surface area contributed by atoms with Gasteiger partial charge in [0.1, 0.15) is 5.92 Å². The molecule has 0 unspecified atom stereocenters. The molecule has 0 amide bonds. The molecule has 4 nitrogen and oxygen atoms in total. The highest BCUT2D eigenvalue weighted by atomic mass is 16.5. The van der Waals surface area contributed by atoms with Gasteiger partial charge in [-0.1, -0.05) is 18.2 Å². The second-order valence-electron chi connectivity index (χ2n) is 5.31. The fourth-order valence-electron chi connectivity index (χ4n) is 3.34. The molecule has 18 heavy (non-hydrogen) atoms. The van der Waals surface area contributed by atoms with Crippen molar-refractivity contribution in [2.24, 2.45) is 0 Å². The van der Waals surface area contributed by atoms with E-state index < -0.39 is 5.60 Å². The van der Waals surface area contributed by atoms with Gasteiger partial charge in [-0.25, -0.2) is 0 Å². The van der Waals surface area contributed by atoms with Gasteiger partial charge in [-0.05, 0) is 25.0 Å². The maximum Gasteiger partial charge on any atom is 0.315 e. The third-order valence-corrected chi connectivity index (χ3v) is 4.18. The van der Waals surface area contributed by atoms with Crippen LogP contribution in [-0.2, 0) is 9.53 Å². The van der Waals surface area contributed by atoms with E-state index in [2.05, 4.69) is 4.90 Å². The third-order valence-electron chi connectivity index (χ3n) is 4.18. The van der Waals surface area contributed by atoms with Gasteiger partial charge in [0.15, 0.2) is 0 Å². The van der Waals surface area contributed by atoms with Crippen LogP contribution in [0.1, 0.15) is 24.8 Å². The summed E-state index contributed by atoms with van der Waals surface area (Å²) in [6.07, 6.45) is 0.680. The summed E-state index contributed by atoms with van der Waals surface area (Å²) in [6, 6.07) is 7.63. The fourth-order valence-corrected chi connectivity index (χ4v) is 3.34. The molecule has 1 aromatic rings. The van der Waals surface area contributed by atoms with Crippen molar-refractivity contribution in [3.8, 4) is 0 Å². The average molecular weight is 247 g/mol. The molecule has 4 heteroatoms. The van der Waals surface area contributed by atoms with Gasteiger partial charge in [0, 0.05) is 12.2 Å². The zero-order valence-electron chi connectivity index (χ0n) is 10.6. The van der Waals surface area contributed by atoms with Crippen LogP contribution in [-0.4, -0.2) is 36.4 Å². The van der Waals surface area contributed by atoms with Crippen molar-refractivity contribution >= 4 is 11.7 Å². The van der Waals surface area contributed by atoms with Gasteiger partial charge in [0.05, 0.1) is 18.8 Å². The Morgan fingerprint density at radius 1 is 1.50 bits per heavy atom. The number of carbonyl (C=O) groups is 1. The minimum atomic E-state index is -0.849. The molecule has 3 rings (SSSR count). The van der Waals surface area contributed by atoms with Crippen LogP contribution in [0, 0.1) is 0 Å². The summed E-state index contributed by atoms with van der Waals surface area (Å²) in [5, 5.41) is 10.5. The van der Waals surface area contributed by atoms with E-state index in [-0.39, 0.29) is 17.9 Å². The Morgan fingerprint density at radius 2 is 2.22 bits per heavy atom. The summed E-state index contributed by atoms with van der Waals surface area (Å²) < 4.78 is 4.92. The summed E-state index contributed by atoms with van der Waals surface area (Å²) >= 11 is 0. The van der Waals surface area contributed by atoms with Gasteiger partial charge < -0.3 is 14.7 Å². The second kappa shape index (κ2) is 3.72. The quantitative estimate of drug-likeness (QED) is 0.760. The van der Waals surface area contributed by atoms with Crippen LogP contribution >= 0.6 is 0 Å². The van der Waals surface area contributed by atoms with Crippen molar-refractivity contribution in [1.29, 1.82) is 0 Å². The zero-order valence-corrected chi connectivity index (χ0v) is 10.6. The van der Waals surface area contributed by atoms with E-state index >= 15 is 0 Å². The molecular formula is C14H17NO3. The van der Waals surface area contributed by atoms with Gasteiger partial charge in [-0.15, -0.1) is 0 Å². The second-order valence-corrected chi connectivity index (χ2v) is 5.31. The number of carbonyl (C=O) groups excluding carboxylic acids is 1. The minimum Gasteiger partial charge on any atom is -0.468 e. The van der Waals surface area contributed by atoms with Gasteiger partial charge >= 0.3 is 5.97 Å². The number of para-hydroxylation sites is 1. The Kier molecular flexibility index (Phi) is 2.38. The molecule has 2 heterocycles. The van der Waals surface area contributed by atoms with Gasteiger partial charge in [0.2, 0.25) is 0 Å². The topological polar surface area (TPSA) is 49.8 Å². The van der Waals surface area contributed by atoms with Crippen molar-refractivity contribution in [1.82, 2.24) is 0 Å². The standard InChI is InChI=1S/C14H17NO3/c1-14(17)7-8-15-10-6-4-3-5-9(10)11(12(14)15)13(16)18-2/h3-6,11-12,17H,7-8H2,1-2H3/t11-,12-,14-/m1/s1. The molecule has 1 saturated heterocycles. The van der Waals surface area contributed by atoms with E-state index in [4.69, 9.17) is 4.74 Å². The zero-order chi connectivity index (χ0) is 12.9. The summed E-state index contributed by atoms with van der Waals surface area (Å²) in [6.45, 7) is 2.58. The van der Waals surface area contributed by atoms with Crippen molar-refractivity contribution in [2.75, 3.05) is 18.6 Å². The lowest BCUT2D eigenvalue weighted by atomic mass is 9.84. The van der Waals surface area contributed by atoms with Crippen molar-refractivity contribution < 1.29 is 14.6 Å². The number of esters is 1. The number of hydrogen-bond donors (Lipinski definition) is 1. The van der Waals surface area contributed by atoms with Gasteiger partial charge in [-0.3, -0.25) is 4.79 Å². The summed E-state index contributed by atoms with van der Waals surface area (Å²) in [7, 11) is 1.40. The molecule has 96 valence electrons. The Bertz CT molecular complexity index is 498. The van der Waals surface area contributed by atoms with Gasteiger partial charge in [-0.2, -0.15) is 0 Å². The number of hydrogen-bond acceptors (Lipinski definition) is 4. The van der Waals surface area contributed by atoms with E-state index in [1.165, 1.54) is 7.11 Å². The number of rotatable bonds is 1. The normalized spacial score (nSPS) is 33.2. The monoisotopic (exact) mass is 247 g/mol. The molecule has 0 radical (unpaired) electrons. The summed E-state index contributed by atoms with van der Waals surface area (Å²) in [5.74, 6) is -0.652. The smallest absolute Gasteiger partial charge is 0.315 e. The van der Waals surface area contributed by atoms with Crippen LogP contribution < -0.4 is 4.90 Å². The van der Waals surface area contributed by atoms with Crippen LogP contribution in [0.25, 0.3) is 0 Å². The Hall–Kier alpha value is -1.55. The number of benzene rings is 1. The summed E-state index contributed by atoms with van der Waals surface area (Å²) in [5.41, 5.74) is 1.17. The van der Waals surface area contributed by atoms with E-state index in [1.807, 2.05) is 24.3 Å². The number of ether oxygens (including phenoxy) is 1. The number of aliphatic hydroxyl groups is 1. The third kappa shape index (κ3) is 1.38. The molecule has 2 aliphatic rings. The first-order valence-electron chi connectivity index (χ1n) is 6.22. The molecule has 0 saturated carbocycles. The highest BCUT2D eigenvalue weighted by molar-refractivity contribution is 5.86. The Labute approximate surface area is 106 Å². The predicted octanol–water partition coefficient (Wildman–Crippen LogP) is 1.29. The highest BCUT2D eigenvalue weighted by Crippen LogP contribution is 2.49. The van der Waals surface area contributed by atoms with Gasteiger partial charge in [0.25, 0.3) is 0 Å². The molecule has 3 atom stereocenters. The molecule has 0 aromatic heterocycles. The molecule has 1 aromatic carbocycles. The average Bonchev–Trinajstić information content (AvgIpc) is 2.85. The number of methoxy groups -OCH3 is 1.